The zero-order valence-corrected chi connectivity index (χ0v) is 11.8. The van der Waals surface area contributed by atoms with Crippen LogP contribution in [0.2, 0.25) is 0 Å². The van der Waals surface area contributed by atoms with Crippen LogP contribution in [0, 0.1) is 0 Å². The maximum absolute atomic E-state index is 12.5. The van der Waals surface area contributed by atoms with Gasteiger partial charge in [0.05, 0.1) is 11.4 Å². The van der Waals surface area contributed by atoms with Gasteiger partial charge in [-0.2, -0.15) is 18.3 Å². The topological polar surface area (TPSA) is 64.2 Å². The number of nitrogen functional groups attached to an aromatic ring is 1. The van der Waals surface area contributed by atoms with E-state index >= 15 is 0 Å². The molecule has 1 heterocycles. The van der Waals surface area contributed by atoms with Crippen molar-refractivity contribution in [3.8, 4) is 0 Å². The molecule has 8 heteroatoms. The number of anilines is 1. The smallest absolute Gasteiger partial charge is 0.395 e. The lowest BCUT2D eigenvalue weighted by molar-refractivity contribution is -0.140. The second-order valence-corrected chi connectivity index (χ2v) is 4.53. The molecular formula is C12H19F3N4O. The standard InChI is InChI=1S/C12H19F3N4O/c1-4-6-19(7-12(13,14)15)11(20)10-9(16)8(5-2)17-18(10)3/h4-7,16H2,1-3H3. The van der Waals surface area contributed by atoms with Gasteiger partial charge in [0.15, 0.2) is 0 Å². The minimum atomic E-state index is -4.44. The van der Waals surface area contributed by atoms with Crippen molar-refractivity contribution in [2.75, 3.05) is 18.8 Å². The van der Waals surface area contributed by atoms with Gasteiger partial charge >= 0.3 is 6.18 Å². The number of alkyl halides is 3. The van der Waals surface area contributed by atoms with Gasteiger partial charge in [0.25, 0.3) is 5.91 Å². The van der Waals surface area contributed by atoms with Gasteiger partial charge in [-0.15, -0.1) is 0 Å². The van der Waals surface area contributed by atoms with Gasteiger partial charge in [0, 0.05) is 13.6 Å². The highest BCUT2D eigenvalue weighted by Crippen LogP contribution is 2.22. The Balaban J connectivity index is 3.09. The molecule has 114 valence electrons. The van der Waals surface area contributed by atoms with Crippen molar-refractivity contribution in [2.45, 2.75) is 32.9 Å². The molecule has 0 aromatic carbocycles. The van der Waals surface area contributed by atoms with Crippen LogP contribution >= 0.6 is 0 Å². The molecule has 0 aliphatic carbocycles. The lowest BCUT2D eigenvalue weighted by atomic mass is 10.2. The van der Waals surface area contributed by atoms with Crippen LogP contribution in [-0.4, -0.2) is 39.9 Å². The quantitative estimate of drug-likeness (QED) is 0.902. The fourth-order valence-corrected chi connectivity index (χ4v) is 2.00. The molecule has 5 nitrogen and oxygen atoms in total. The lowest BCUT2D eigenvalue weighted by Crippen LogP contribution is -2.40. The van der Waals surface area contributed by atoms with E-state index in [1.807, 2.05) is 6.92 Å². The monoisotopic (exact) mass is 292 g/mol. The van der Waals surface area contributed by atoms with Crippen molar-refractivity contribution < 1.29 is 18.0 Å². The lowest BCUT2D eigenvalue weighted by Gasteiger charge is -2.23. The average Bonchev–Trinajstić information content (AvgIpc) is 2.61. The molecule has 1 aromatic heterocycles. The number of hydrogen-bond donors (Lipinski definition) is 1. The number of aryl methyl sites for hydroxylation is 2. The third-order valence-corrected chi connectivity index (χ3v) is 2.85. The van der Waals surface area contributed by atoms with Crippen LogP contribution in [0.25, 0.3) is 0 Å². The molecule has 0 saturated heterocycles. The van der Waals surface area contributed by atoms with Crippen LogP contribution in [0.15, 0.2) is 0 Å². The number of amides is 1. The summed E-state index contributed by atoms with van der Waals surface area (Å²) in [6, 6.07) is 0. The van der Waals surface area contributed by atoms with E-state index in [4.69, 9.17) is 5.73 Å². The first-order valence-corrected chi connectivity index (χ1v) is 6.38. The summed E-state index contributed by atoms with van der Waals surface area (Å²) >= 11 is 0. The van der Waals surface area contributed by atoms with E-state index in [0.717, 1.165) is 4.90 Å². The number of carbonyl (C=O) groups excluding carboxylic acids is 1. The Morgan fingerprint density at radius 3 is 2.40 bits per heavy atom. The fraction of sp³-hybridized carbons (Fsp3) is 0.667. The molecule has 0 radical (unpaired) electrons. The van der Waals surface area contributed by atoms with Gasteiger partial charge in [-0.05, 0) is 12.8 Å². The second-order valence-electron chi connectivity index (χ2n) is 4.53. The maximum Gasteiger partial charge on any atom is 0.406 e. The van der Waals surface area contributed by atoms with E-state index in [1.165, 1.54) is 11.7 Å². The summed E-state index contributed by atoms with van der Waals surface area (Å²) in [5.74, 6) is -0.739. The highest BCUT2D eigenvalue weighted by Gasteiger charge is 2.34. The highest BCUT2D eigenvalue weighted by molar-refractivity contribution is 5.98. The average molecular weight is 292 g/mol. The molecule has 0 fully saturated rings. The van der Waals surface area contributed by atoms with E-state index in [1.54, 1.807) is 6.92 Å². The number of aromatic nitrogens is 2. The summed E-state index contributed by atoms with van der Waals surface area (Å²) in [5, 5.41) is 4.05. The summed E-state index contributed by atoms with van der Waals surface area (Å²) in [7, 11) is 1.50. The van der Waals surface area contributed by atoms with Crippen LogP contribution in [0.5, 0.6) is 0 Å². The molecular weight excluding hydrogens is 273 g/mol. The molecule has 0 unspecified atom stereocenters. The Bertz CT molecular complexity index is 482. The Morgan fingerprint density at radius 1 is 1.40 bits per heavy atom. The van der Waals surface area contributed by atoms with Crippen LogP contribution in [0.1, 0.15) is 36.5 Å². The Hall–Kier alpha value is -1.73. The molecule has 0 aliphatic heterocycles. The molecule has 0 atom stereocenters. The van der Waals surface area contributed by atoms with Gasteiger partial charge < -0.3 is 10.6 Å². The first-order valence-electron chi connectivity index (χ1n) is 6.38. The number of nitrogens with two attached hydrogens (primary N) is 1. The summed E-state index contributed by atoms with van der Waals surface area (Å²) in [6.07, 6.45) is -3.49. The zero-order chi connectivity index (χ0) is 15.5. The third-order valence-electron chi connectivity index (χ3n) is 2.85. The van der Waals surface area contributed by atoms with Gasteiger partial charge in [-0.25, -0.2) is 0 Å². The first kappa shape index (κ1) is 16.3. The van der Waals surface area contributed by atoms with E-state index < -0.39 is 18.6 Å². The molecule has 0 bridgehead atoms. The predicted molar refractivity (Wildman–Crippen MR) is 69.2 cm³/mol. The molecule has 2 N–H and O–H groups in total. The molecule has 1 aromatic rings. The Morgan fingerprint density at radius 2 is 2.00 bits per heavy atom. The zero-order valence-electron chi connectivity index (χ0n) is 11.8. The fourth-order valence-electron chi connectivity index (χ4n) is 2.00. The number of halogens is 3. The first-order chi connectivity index (χ1) is 9.21. The molecule has 1 amide bonds. The van der Waals surface area contributed by atoms with E-state index in [2.05, 4.69) is 5.10 Å². The molecule has 1 rings (SSSR count). The summed E-state index contributed by atoms with van der Waals surface area (Å²) < 4.78 is 38.8. The minimum absolute atomic E-state index is 0.0135. The van der Waals surface area contributed by atoms with Crippen LogP contribution < -0.4 is 5.73 Å². The largest absolute Gasteiger partial charge is 0.406 e. The van der Waals surface area contributed by atoms with Crippen molar-refractivity contribution in [1.82, 2.24) is 14.7 Å². The van der Waals surface area contributed by atoms with Crippen molar-refractivity contribution in [2.24, 2.45) is 7.05 Å². The van der Waals surface area contributed by atoms with Crippen molar-refractivity contribution in [3.05, 3.63) is 11.4 Å². The van der Waals surface area contributed by atoms with Crippen LogP contribution in [0.3, 0.4) is 0 Å². The molecule has 0 saturated carbocycles. The summed E-state index contributed by atoms with van der Waals surface area (Å²) in [6.45, 7) is 2.25. The second kappa shape index (κ2) is 6.15. The van der Waals surface area contributed by atoms with Crippen molar-refractivity contribution >= 4 is 11.6 Å². The Kier molecular flexibility index (Phi) is 5.02. The molecule has 0 spiro atoms. The number of nitrogens with zero attached hydrogens (tertiary/aromatic N) is 3. The predicted octanol–water partition coefficient (Wildman–Crippen LogP) is 1.98. The Labute approximate surface area is 115 Å². The van der Waals surface area contributed by atoms with Gasteiger partial charge in [0.2, 0.25) is 0 Å². The van der Waals surface area contributed by atoms with Crippen molar-refractivity contribution in [3.63, 3.8) is 0 Å². The number of carbonyl (C=O) groups is 1. The van der Waals surface area contributed by atoms with Crippen molar-refractivity contribution in [1.29, 1.82) is 0 Å². The molecule has 0 aliphatic rings. The van der Waals surface area contributed by atoms with E-state index in [0.29, 0.717) is 18.5 Å². The number of hydrogen-bond acceptors (Lipinski definition) is 3. The van der Waals surface area contributed by atoms with Crippen LogP contribution in [0.4, 0.5) is 18.9 Å². The van der Waals surface area contributed by atoms with E-state index in [-0.39, 0.29) is 17.9 Å². The van der Waals surface area contributed by atoms with Gasteiger partial charge in [-0.1, -0.05) is 13.8 Å². The van der Waals surface area contributed by atoms with Crippen LogP contribution in [-0.2, 0) is 13.5 Å². The highest BCUT2D eigenvalue weighted by atomic mass is 19.4. The van der Waals surface area contributed by atoms with Gasteiger partial charge in [0.1, 0.15) is 12.2 Å². The summed E-state index contributed by atoms with van der Waals surface area (Å²) in [4.78, 5) is 13.0. The maximum atomic E-state index is 12.5. The van der Waals surface area contributed by atoms with E-state index in [9.17, 15) is 18.0 Å². The SMILES string of the molecule is CCCN(CC(F)(F)F)C(=O)c1c(N)c(CC)nn1C. The number of rotatable bonds is 5. The molecule has 20 heavy (non-hydrogen) atoms. The summed E-state index contributed by atoms with van der Waals surface area (Å²) in [5.41, 5.74) is 6.48. The van der Waals surface area contributed by atoms with Gasteiger partial charge in [-0.3, -0.25) is 9.48 Å². The minimum Gasteiger partial charge on any atom is -0.395 e. The normalized spacial score (nSPS) is 11.7. The third kappa shape index (κ3) is 3.64.